The SMILES string of the molecule is CC1CN(c2ncccc2[C@H](C)N)CCO1. The molecule has 88 valence electrons. The number of hydrogen-bond donors (Lipinski definition) is 1. The van der Waals surface area contributed by atoms with Crippen LogP contribution in [0.5, 0.6) is 0 Å². The standard InChI is InChI=1S/C12H19N3O/c1-9-8-15(6-7-16-9)12-11(10(2)13)4-3-5-14-12/h3-5,9-10H,6-8,13H2,1-2H3/t9?,10-/m0/s1. The predicted molar refractivity (Wildman–Crippen MR) is 64.5 cm³/mol. The number of pyridine rings is 1. The number of hydrogen-bond acceptors (Lipinski definition) is 4. The van der Waals surface area contributed by atoms with Gasteiger partial charge in [-0.1, -0.05) is 6.07 Å². The third kappa shape index (κ3) is 2.33. The number of nitrogens with two attached hydrogens (primary N) is 1. The van der Waals surface area contributed by atoms with Gasteiger partial charge in [-0.3, -0.25) is 0 Å². The second kappa shape index (κ2) is 4.80. The van der Waals surface area contributed by atoms with Crippen LogP contribution in [0.4, 0.5) is 5.82 Å². The quantitative estimate of drug-likeness (QED) is 0.818. The first-order valence-electron chi connectivity index (χ1n) is 5.75. The maximum absolute atomic E-state index is 5.96. The van der Waals surface area contributed by atoms with E-state index in [2.05, 4.69) is 16.8 Å². The Bertz CT molecular complexity index is 354. The molecule has 4 nitrogen and oxygen atoms in total. The molecule has 0 amide bonds. The summed E-state index contributed by atoms with van der Waals surface area (Å²) in [5.41, 5.74) is 7.07. The van der Waals surface area contributed by atoms with Crippen molar-refractivity contribution in [1.82, 2.24) is 4.98 Å². The predicted octanol–water partition coefficient (Wildman–Crippen LogP) is 1.33. The number of aromatic nitrogens is 1. The van der Waals surface area contributed by atoms with Crippen molar-refractivity contribution in [2.45, 2.75) is 26.0 Å². The second-order valence-electron chi connectivity index (χ2n) is 4.33. The zero-order valence-electron chi connectivity index (χ0n) is 9.89. The molecule has 2 N–H and O–H groups in total. The number of rotatable bonds is 2. The molecule has 2 heterocycles. The van der Waals surface area contributed by atoms with E-state index in [4.69, 9.17) is 10.5 Å². The minimum atomic E-state index is 0.0156. The van der Waals surface area contributed by atoms with Gasteiger partial charge in [0, 0.05) is 30.9 Å². The fourth-order valence-corrected chi connectivity index (χ4v) is 2.04. The van der Waals surface area contributed by atoms with Gasteiger partial charge in [-0.05, 0) is 19.9 Å². The molecule has 0 aromatic carbocycles. The third-order valence-corrected chi connectivity index (χ3v) is 2.85. The second-order valence-corrected chi connectivity index (χ2v) is 4.33. The normalized spacial score (nSPS) is 23.2. The van der Waals surface area contributed by atoms with Gasteiger partial charge in [-0.25, -0.2) is 4.98 Å². The van der Waals surface area contributed by atoms with Crippen LogP contribution in [0.3, 0.4) is 0 Å². The van der Waals surface area contributed by atoms with E-state index in [0.29, 0.717) is 0 Å². The highest BCUT2D eigenvalue weighted by molar-refractivity contribution is 5.48. The average Bonchev–Trinajstić information content (AvgIpc) is 2.29. The Balaban J connectivity index is 2.25. The van der Waals surface area contributed by atoms with Gasteiger partial charge in [-0.2, -0.15) is 0 Å². The smallest absolute Gasteiger partial charge is 0.133 e. The van der Waals surface area contributed by atoms with E-state index in [1.54, 1.807) is 0 Å². The summed E-state index contributed by atoms with van der Waals surface area (Å²) < 4.78 is 5.53. The first-order chi connectivity index (χ1) is 7.68. The Morgan fingerprint density at radius 3 is 3.12 bits per heavy atom. The van der Waals surface area contributed by atoms with Crippen molar-refractivity contribution in [1.29, 1.82) is 0 Å². The minimum absolute atomic E-state index is 0.0156. The lowest BCUT2D eigenvalue weighted by molar-refractivity contribution is 0.0528. The van der Waals surface area contributed by atoms with Crippen LogP contribution in [-0.2, 0) is 4.74 Å². The highest BCUT2D eigenvalue weighted by atomic mass is 16.5. The van der Waals surface area contributed by atoms with Crippen molar-refractivity contribution in [3.05, 3.63) is 23.9 Å². The highest BCUT2D eigenvalue weighted by Gasteiger charge is 2.20. The van der Waals surface area contributed by atoms with Crippen molar-refractivity contribution in [3.8, 4) is 0 Å². The number of ether oxygens (including phenoxy) is 1. The number of anilines is 1. The molecule has 1 aromatic rings. The Labute approximate surface area is 96.4 Å². The van der Waals surface area contributed by atoms with E-state index in [0.717, 1.165) is 31.1 Å². The molecule has 1 aliphatic heterocycles. The number of morpholine rings is 1. The Hall–Kier alpha value is -1.13. The largest absolute Gasteiger partial charge is 0.375 e. The lowest BCUT2D eigenvalue weighted by Crippen LogP contribution is -2.42. The molecule has 4 heteroatoms. The molecule has 0 saturated carbocycles. The van der Waals surface area contributed by atoms with Crippen LogP contribution < -0.4 is 10.6 Å². The zero-order valence-corrected chi connectivity index (χ0v) is 9.89. The summed E-state index contributed by atoms with van der Waals surface area (Å²) in [7, 11) is 0. The Morgan fingerprint density at radius 2 is 2.44 bits per heavy atom. The van der Waals surface area contributed by atoms with Gasteiger partial charge in [0.2, 0.25) is 0 Å². The van der Waals surface area contributed by atoms with Crippen LogP contribution in [0.2, 0.25) is 0 Å². The molecule has 1 fully saturated rings. The molecule has 2 rings (SSSR count). The van der Waals surface area contributed by atoms with Crippen LogP contribution >= 0.6 is 0 Å². The van der Waals surface area contributed by atoms with Gasteiger partial charge in [0.25, 0.3) is 0 Å². The summed E-state index contributed by atoms with van der Waals surface area (Å²) >= 11 is 0. The van der Waals surface area contributed by atoms with Crippen molar-refractivity contribution in [2.75, 3.05) is 24.6 Å². The molecule has 0 radical (unpaired) electrons. The molecule has 2 atom stereocenters. The fourth-order valence-electron chi connectivity index (χ4n) is 2.04. The summed E-state index contributed by atoms with van der Waals surface area (Å²) in [4.78, 5) is 6.71. The highest BCUT2D eigenvalue weighted by Crippen LogP contribution is 2.23. The van der Waals surface area contributed by atoms with E-state index < -0.39 is 0 Å². The van der Waals surface area contributed by atoms with Crippen molar-refractivity contribution >= 4 is 5.82 Å². The lowest BCUT2D eigenvalue weighted by atomic mass is 10.1. The molecular formula is C12H19N3O. The monoisotopic (exact) mass is 221 g/mol. The molecule has 1 saturated heterocycles. The Morgan fingerprint density at radius 1 is 1.62 bits per heavy atom. The molecule has 0 aliphatic carbocycles. The maximum atomic E-state index is 5.96. The topological polar surface area (TPSA) is 51.4 Å². The average molecular weight is 221 g/mol. The Kier molecular flexibility index (Phi) is 3.41. The summed E-state index contributed by atoms with van der Waals surface area (Å²) in [5.74, 6) is 1.01. The van der Waals surface area contributed by atoms with Crippen LogP contribution in [-0.4, -0.2) is 30.8 Å². The first-order valence-corrected chi connectivity index (χ1v) is 5.75. The summed E-state index contributed by atoms with van der Waals surface area (Å²) in [5, 5.41) is 0. The summed E-state index contributed by atoms with van der Waals surface area (Å²) in [6.45, 7) is 6.61. The van der Waals surface area contributed by atoms with Crippen LogP contribution in [0, 0.1) is 0 Å². The van der Waals surface area contributed by atoms with Gasteiger partial charge >= 0.3 is 0 Å². The van der Waals surface area contributed by atoms with E-state index in [1.165, 1.54) is 0 Å². The zero-order chi connectivity index (χ0) is 11.5. The van der Waals surface area contributed by atoms with Gasteiger partial charge in [0.1, 0.15) is 5.82 Å². The molecule has 1 unspecified atom stereocenters. The van der Waals surface area contributed by atoms with E-state index in [-0.39, 0.29) is 12.1 Å². The van der Waals surface area contributed by atoms with Crippen molar-refractivity contribution in [2.24, 2.45) is 5.73 Å². The summed E-state index contributed by atoms with van der Waals surface area (Å²) in [6.07, 6.45) is 2.08. The van der Waals surface area contributed by atoms with E-state index >= 15 is 0 Å². The van der Waals surface area contributed by atoms with Crippen LogP contribution in [0.25, 0.3) is 0 Å². The lowest BCUT2D eigenvalue weighted by Gasteiger charge is -2.33. The first kappa shape index (κ1) is 11.4. The third-order valence-electron chi connectivity index (χ3n) is 2.85. The molecule has 16 heavy (non-hydrogen) atoms. The van der Waals surface area contributed by atoms with Crippen LogP contribution in [0.1, 0.15) is 25.5 Å². The molecule has 1 aliphatic rings. The molecular weight excluding hydrogens is 202 g/mol. The van der Waals surface area contributed by atoms with Crippen molar-refractivity contribution < 1.29 is 4.74 Å². The van der Waals surface area contributed by atoms with E-state index in [1.807, 2.05) is 25.3 Å². The molecule has 0 bridgehead atoms. The molecule has 0 spiro atoms. The van der Waals surface area contributed by atoms with E-state index in [9.17, 15) is 0 Å². The fraction of sp³-hybridized carbons (Fsp3) is 0.583. The van der Waals surface area contributed by atoms with Crippen LogP contribution in [0.15, 0.2) is 18.3 Å². The van der Waals surface area contributed by atoms with Gasteiger partial charge in [0.05, 0.1) is 12.7 Å². The summed E-state index contributed by atoms with van der Waals surface area (Å²) in [6, 6.07) is 4.00. The molecule has 1 aromatic heterocycles. The number of nitrogens with zero attached hydrogens (tertiary/aromatic N) is 2. The van der Waals surface area contributed by atoms with Gasteiger partial charge in [-0.15, -0.1) is 0 Å². The van der Waals surface area contributed by atoms with Gasteiger partial charge < -0.3 is 15.4 Å². The van der Waals surface area contributed by atoms with Crippen molar-refractivity contribution in [3.63, 3.8) is 0 Å². The minimum Gasteiger partial charge on any atom is -0.375 e. The van der Waals surface area contributed by atoms with Gasteiger partial charge in [0.15, 0.2) is 0 Å². The maximum Gasteiger partial charge on any atom is 0.133 e.